The summed E-state index contributed by atoms with van der Waals surface area (Å²) in [7, 11) is 4.21. The topological polar surface area (TPSA) is 74.6 Å². The van der Waals surface area contributed by atoms with Gasteiger partial charge in [-0.25, -0.2) is 4.79 Å². The molecule has 2 amide bonds. The second-order valence-corrected chi connectivity index (χ2v) is 7.22. The van der Waals surface area contributed by atoms with Crippen LogP contribution in [-0.4, -0.2) is 51.7 Å². The summed E-state index contributed by atoms with van der Waals surface area (Å²) in [6, 6.07) is 5.36. The maximum Gasteiger partial charge on any atom is 0.315 e. The Morgan fingerprint density at radius 3 is 2.76 bits per heavy atom. The average Bonchev–Trinajstić information content (AvgIpc) is 3.05. The number of likely N-dealkylation sites (N-methyl/N-ethyl adjacent to an activating group) is 1. The summed E-state index contributed by atoms with van der Waals surface area (Å²) in [6.45, 7) is 2.59. The summed E-state index contributed by atoms with van der Waals surface area (Å²) in [5.74, 6) is 0.728. The standard InChI is InChI=1S/C18H28N6O/c1-14(16-22-21-15-9-5-8-12-24(15)16)20-17(25)19-13-18(23(2)3)10-6-4-7-11-18/h5,8-9,12,14H,4,6-7,10-11,13H2,1-3H3,(H2,19,20,25)/t14-/m1/s1. The Bertz CT molecular complexity index is 719. The van der Waals surface area contributed by atoms with Crippen LogP contribution in [0.25, 0.3) is 5.65 Å². The number of pyridine rings is 1. The van der Waals surface area contributed by atoms with E-state index in [0.717, 1.165) is 24.3 Å². The van der Waals surface area contributed by atoms with E-state index >= 15 is 0 Å². The molecule has 2 aromatic heterocycles. The van der Waals surface area contributed by atoms with Crippen molar-refractivity contribution in [1.29, 1.82) is 0 Å². The van der Waals surface area contributed by atoms with Crippen LogP contribution in [0, 0.1) is 0 Å². The summed E-state index contributed by atoms with van der Waals surface area (Å²) in [4.78, 5) is 14.7. The van der Waals surface area contributed by atoms with Crippen LogP contribution < -0.4 is 10.6 Å². The predicted octanol–water partition coefficient (Wildman–Crippen LogP) is 2.35. The molecule has 2 aromatic rings. The number of nitrogens with zero attached hydrogens (tertiary/aromatic N) is 4. The Morgan fingerprint density at radius 1 is 1.28 bits per heavy atom. The third-order valence-electron chi connectivity index (χ3n) is 5.39. The van der Waals surface area contributed by atoms with Crippen LogP contribution in [0.5, 0.6) is 0 Å². The molecule has 1 aliphatic rings. The first kappa shape index (κ1) is 17.7. The molecule has 0 saturated heterocycles. The highest BCUT2D eigenvalue weighted by Crippen LogP contribution is 2.31. The van der Waals surface area contributed by atoms with Crippen LogP contribution in [0.4, 0.5) is 4.79 Å². The Balaban J connectivity index is 1.60. The summed E-state index contributed by atoms with van der Waals surface area (Å²) in [6.07, 6.45) is 7.91. The lowest BCUT2D eigenvalue weighted by atomic mass is 9.80. The van der Waals surface area contributed by atoms with Gasteiger partial charge >= 0.3 is 6.03 Å². The number of carbonyl (C=O) groups is 1. The van der Waals surface area contributed by atoms with Crippen molar-refractivity contribution in [2.75, 3.05) is 20.6 Å². The van der Waals surface area contributed by atoms with Crippen LogP contribution in [0.1, 0.15) is 50.9 Å². The zero-order valence-corrected chi connectivity index (χ0v) is 15.3. The molecule has 0 aromatic carbocycles. The van der Waals surface area contributed by atoms with Gasteiger partial charge in [0.1, 0.15) is 0 Å². The Morgan fingerprint density at radius 2 is 2.04 bits per heavy atom. The molecule has 0 unspecified atom stereocenters. The Kier molecular flexibility index (Phi) is 5.22. The molecule has 136 valence electrons. The van der Waals surface area contributed by atoms with Crippen LogP contribution in [0.2, 0.25) is 0 Å². The fourth-order valence-electron chi connectivity index (χ4n) is 3.70. The van der Waals surface area contributed by atoms with E-state index in [0.29, 0.717) is 6.54 Å². The second-order valence-electron chi connectivity index (χ2n) is 7.22. The maximum atomic E-state index is 12.4. The van der Waals surface area contributed by atoms with Gasteiger partial charge in [0, 0.05) is 18.3 Å². The van der Waals surface area contributed by atoms with Crippen molar-refractivity contribution >= 4 is 11.7 Å². The van der Waals surface area contributed by atoms with Crippen molar-refractivity contribution in [1.82, 2.24) is 30.1 Å². The van der Waals surface area contributed by atoms with Crippen molar-refractivity contribution in [3.63, 3.8) is 0 Å². The molecule has 0 spiro atoms. The van der Waals surface area contributed by atoms with Crippen molar-refractivity contribution in [2.45, 2.75) is 50.6 Å². The number of aromatic nitrogens is 3. The lowest BCUT2D eigenvalue weighted by Gasteiger charge is -2.43. The molecular weight excluding hydrogens is 316 g/mol. The minimum atomic E-state index is -0.223. The van der Waals surface area contributed by atoms with Gasteiger partial charge in [-0.05, 0) is 46.0 Å². The first-order valence-corrected chi connectivity index (χ1v) is 9.03. The molecule has 1 aliphatic carbocycles. The lowest BCUT2D eigenvalue weighted by molar-refractivity contribution is 0.101. The lowest BCUT2D eigenvalue weighted by Crippen LogP contribution is -2.55. The molecule has 2 heterocycles. The molecule has 2 N–H and O–H groups in total. The van der Waals surface area contributed by atoms with Gasteiger partial charge in [0.15, 0.2) is 11.5 Å². The van der Waals surface area contributed by atoms with Crippen LogP contribution in [0.3, 0.4) is 0 Å². The van der Waals surface area contributed by atoms with Crippen LogP contribution in [0.15, 0.2) is 24.4 Å². The van der Waals surface area contributed by atoms with E-state index in [9.17, 15) is 4.79 Å². The van der Waals surface area contributed by atoms with E-state index < -0.39 is 0 Å². The number of rotatable bonds is 5. The van der Waals surface area contributed by atoms with Gasteiger partial charge in [0.2, 0.25) is 0 Å². The number of urea groups is 1. The molecule has 0 aliphatic heterocycles. The zero-order chi connectivity index (χ0) is 17.9. The van der Waals surface area contributed by atoms with Gasteiger partial charge in [-0.15, -0.1) is 10.2 Å². The van der Waals surface area contributed by atoms with Gasteiger partial charge in [0.25, 0.3) is 0 Å². The quantitative estimate of drug-likeness (QED) is 0.873. The zero-order valence-electron chi connectivity index (χ0n) is 15.3. The summed E-state index contributed by atoms with van der Waals surface area (Å²) >= 11 is 0. The fourth-order valence-corrected chi connectivity index (χ4v) is 3.70. The number of hydrogen-bond donors (Lipinski definition) is 2. The molecule has 1 atom stereocenters. The molecule has 7 heteroatoms. The Labute approximate surface area is 148 Å². The SMILES string of the molecule is C[C@@H](NC(=O)NCC1(N(C)C)CCCCC1)c1nnc2ccccn12. The van der Waals surface area contributed by atoms with Gasteiger partial charge < -0.3 is 15.5 Å². The fraction of sp³-hybridized carbons (Fsp3) is 0.611. The monoisotopic (exact) mass is 344 g/mol. The molecule has 25 heavy (non-hydrogen) atoms. The highest BCUT2D eigenvalue weighted by molar-refractivity contribution is 5.74. The third kappa shape index (κ3) is 3.76. The minimum Gasteiger partial charge on any atom is -0.336 e. The molecule has 0 bridgehead atoms. The normalized spacial score (nSPS) is 18.2. The minimum absolute atomic E-state index is 0.0698. The number of hydrogen-bond acceptors (Lipinski definition) is 4. The van der Waals surface area contributed by atoms with Gasteiger partial charge in [-0.2, -0.15) is 0 Å². The number of amides is 2. The smallest absolute Gasteiger partial charge is 0.315 e. The molecule has 1 saturated carbocycles. The molecular formula is C18H28N6O. The number of fused-ring (bicyclic) bond motifs is 1. The van der Waals surface area contributed by atoms with Crippen LogP contribution in [-0.2, 0) is 0 Å². The van der Waals surface area contributed by atoms with Crippen molar-refractivity contribution < 1.29 is 4.79 Å². The molecule has 3 rings (SSSR count). The van der Waals surface area contributed by atoms with E-state index in [1.54, 1.807) is 0 Å². The summed E-state index contributed by atoms with van der Waals surface area (Å²) in [5, 5.41) is 14.4. The van der Waals surface area contributed by atoms with Crippen molar-refractivity contribution in [3.8, 4) is 0 Å². The number of nitrogens with one attached hydrogen (secondary N) is 2. The first-order chi connectivity index (χ1) is 12.0. The highest BCUT2D eigenvalue weighted by Gasteiger charge is 2.34. The largest absolute Gasteiger partial charge is 0.336 e. The van der Waals surface area contributed by atoms with Crippen LogP contribution >= 0.6 is 0 Å². The second kappa shape index (κ2) is 7.39. The van der Waals surface area contributed by atoms with Crippen molar-refractivity contribution in [2.24, 2.45) is 0 Å². The Hall–Kier alpha value is -2.15. The van der Waals surface area contributed by atoms with Crippen molar-refractivity contribution in [3.05, 3.63) is 30.2 Å². The van der Waals surface area contributed by atoms with E-state index in [1.165, 1.54) is 19.3 Å². The van der Waals surface area contributed by atoms with Gasteiger partial charge in [0.05, 0.1) is 6.04 Å². The maximum absolute atomic E-state index is 12.4. The van der Waals surface area contributed by atoms with E-state index in [4.69, 9.17) is 0 Å². The molecule has 1 fully saturated rings. The third-order valence-corrected chi connectivity index (χ3v) is 5.39. The average molecular weight is 344 g/mol. The molecule has 0 radical (unpaired) electrons. The number of carbonyl (C=O) groups excluding carboxylic acids is 1. The van der Waals surface area contributed by atoms with E-state index in [2.05, 4.69) is 39.8 Å². The highest BCUT2D eigenvalue weighted by atomic mass is 16.2. The first-order valence-electron chi connectivity index (χ1n) is 9.03. The predicted molar refractivity (Wildman–Crippen MR) is 97.4 cm³/mol. The molecule has 7 nitrogen and oxygen atoms in total. The van der Waals surface area contributed by atoms with E-state index in [1.807, 2.05) is 35.7 Å². The van der Waals surface area contributed by atoms with Gasteiger partial charge in [-0.3, -0.25) is 4.40 Å². The summed E-state index contributed by atoms with van der Waals surface area (Å²) in [5.41, 5.74) is 0.848. The van der Waals surface area contributed by atoms with E-state index in [-0.39, 0.29) is 17.6 Å². The summed E-state index contributed by atoms with van der Waals surface area (Å²) < 4.78 is 1.90. The van der Waals surface area contributed by atoms with Gasteiger partial charge in [-0.1, -0.05) is 25.3 Å².